The molecule has 5 heteroatoms. The molecular weight excluding hydrogens is 382 g/mol. The molecule has 160 valence electrons. The Labute approximate surface area is 183 Å². The molecule has 31 heavy (non-hydrogen) atoms. The number of likely N-dealkylation sites (tertiary alicyclic amines) is 1. The number of aryl methyl sites for hydroxylation is 1. The number of benzene rings is 2. The molecule has 2 aliphatic heterocycles. The lowest BCUT2D eigenvalue weighted by atomic mass is 9.72. The number of piperidine rings is 2. The van der Waals surface area contributed by atoms with E-state index in [4.69, 9.17) is 4.98 Å². The van der Waals surface area contributed by atoms with E-state index in [1.165, 1.54) is 60.8 Å². The zero-order valence-electron chi connectivity index (χ0n) is 18.3. The fourth-order valence-corrected chi connectivity index (χ4v) is 5.81. The summed E-state index contributed by atoms with van der Waals surface area (Å²) >= 11 is 0. The van der Waals surface area contributed by atoms with Gasteiger partial charge in [0.1, 0.15) is 0 Å². The Bertz CT molecular complexity index is 1210. The van der Waals surface area contributed by atoms with E-state index in [1.54, 1.807) is 0 Å². The Morgan fingerprint density at radius 3 is 2.77 bits per heavy atom. The Morgan fingerprint density at radius 1 is 1.00 bits per heavy atom. The van der Waals surface area contributed by atoms with Crippen LogP contribution in [0.1, 0.15) is 36.8 Å². The minimum atomic E-state index is 0.462. The van der Waals surface area contributed by atoms with Crippen molar-refractivity contribution in [2.75, 3.05) is 31.1 Å². The zero-order chi connectivity index (χ0) is 20.8. The Hall–Kier alpha value is -2.79. The molecule has 0 saturated carbocycles. The van der Waals surface area contributed by atoms with Crippen LogP contribution in [-0.4, -0.2) is 46.0 Å². The first kappa shape index (κ1) is 18.9. The van der Waals surface area contributed by atoms with E-state index in [0.717, 1.165) is 36.6 Å². The van der Waals surface area contributed by atoms with E-state index in [0.29, 0.717) is 5.41 Å². The van der Waals surface area contributed by atoms with E-state index in [1.807, 2.05) is 0 Å². The van der Waals surface area contributed by atoms with Crippen LogP contribution >= 0.6 is 0 Å². The first-order chi connectivity index (χ1) is 15.2. The summed E-state index contributed by atoms with van der Waals surface area (Å²) in [7, 11) is 0. The lowest BCUT2D eigenvalue weighted by Crippen LogP contribution is -2.49. The van der Waals surface area contributed by atoms with E-state index in [9.17, 15) is 0 Å². The van der Waals surface area contributed by atoms with Crippen LogP contribution in [0.2, 0.25) is 0 Å². The van der Waals surface area contributed by atoms with Crippen LogP contribution in [0.5, 0.6) is 0 Å². The first-order valence-corrected chi connectivity index (χ1v) is 11.7. The number of rotatable bonds is 3. The van der Waals surface area contributed by atoms with Gasteiger partial charge in [0, 0.05) is 43.3 Å². The van der Waals surface area contributed by atoms with Crippen LogP contribution in [0.4, 0.5) is 5.95 Å². The van der Waals surface area contributed by atoms with Gasteiger partial charge >= 0.3 is 0 Å². The van der Waals surface area contributed by atoms with Crippen LogP contribution in [0.25, 0.3) is 21.9 Å². The Balaban J connectivity index is 1.14. The second-order valence-corrected chi connectivity index (χ2v) is 9.74. The maximum absolute atomic E-state index is 4.86. The van der Waals surface area contributed by atoms with Crippen molar-refractivity contribution in [3.63, 3.8) is 0 Å². The third-order valence-corrected chi connectivity index (χ3v) is 7.56. The van der Waals surface area contributed by atoms with Crippen molar-refractivity contribution in [2.24, 2.45) is 5.41 Å². The molecule has 0 bridgehead atoms. The SMILES string of the molecule is Cc1ccc2nc(N3CCC4(CCCN(Cc5c[nH]c6ccccc56)C4)CC3)[nH]c2c1. The fourth-order valence-electron chi connectivity index (χ4n) is 5.81. The van der Waals surface area contributed by atoms with Gasteiger partial charge in [0.25, 0.3) is 0 Å². The standard InChI is InChI=1S/C26H31N5/c1-19-7-8-23-24(15-19)29-25(28-23)31-13-10-26(11-14-31)9-4-12-30(18-26)17-20-16-27-22-6-3-2-5-21(20)22/h2-3,5-8,15-16,27H,4,9-14,17-18H2,1H3,(H,28,29). The van der Waals surface area contributed by atoms with Crippen molar-refractivity contribution in [1.82, 2.24) is 19.9 Å². The molecule has 2 aromatic carbocycles. The van der Waals surface area contributed by atoms with Crippen molar-refractivity contribution >= 4 is 27.9 Å². The van der Waals surface area contributed by atoms with Crippen molar-refractivity contribution in [1.29, 1.82) is 0 Å². The first-order valence-electron chi connectivity index (χ1n) is 11.7. The van der Waals surface area contributed by atoms with Gasteiger partial charge in [-0.2, -0.15) is 0 Å². The van der Waals surface area contributed by atoms with E-state index < -0.39 is 0 Å². The molecule has 5 nitrogen and oxygen atoms in total. The second-order valence-electron chi connectivity index (χ2n) is 9.74. The summed E-state index contributed by atoms with van der Waals surface area (Å²) in [5.41, 5.74) is 6.64. The van der Waals surface area contributed by atoms with Gasteiger partial charge in [0.05, 0.1) is 11.0 Å². The summed E-state index contributed by atoms with van der Waals surface area (Å²) in [6, 6.07) is 15.1. The molecule has 2 aliphatic rings. The van der Waals surface area contributed by atoms with Gasteiger partial charge in [-0.3, -0.25) is 4.90 Å². The molecule has 1 spiro atoms. The highest BCUT2D eigenvalue weighted by Crippen LogP contribution is 2.41. The highest BCUT2D eigenvalue weighted by atomic mass is 15.3. The number of aromatic amines is 2. The average molecular weight is 414 g/mol. The van der Waals surface area contributed by atoms with Crippen molar-refractivity contribution in [3.05, 3.63) is 59.8 Å². The maximum atomic E-state index is 4.86. The monoisotopic (exact) mass is 413 g/mol. The minimum Gasteiger partial charge on any atom is -0.361 e. The number of hydrogen-bond acceptors (Lipinski definition) is 3. The van der Waals surface area contributed by atoms with Crippen LogP contribution in [0.15, 0.2) is 48.7 Å². The molecule has 2 aromatic heterocycles. The summed E-state index contributed by atoms with van der Waals surface area (Å²) in [5.74, 6) is 1.04. The van der Waals surface area contributed by atoms with E-state index in [2.05, 4.69) is 75.4 Å². The van der Waals surface area contributed by atoms with Gasteiger partial charge < -0.3 is 14.9 Å². The largest absolute Gasteiger partial charge is 0.361 e. The predicted octanol–water partition coefficient (Wildman–Crippen LogP) is 5.24. The number of fused-ring (bicyclic) bond motifs is 2. The van der Waals surface area contributed by atoms with Gasteiger partial charge in [0.2, 0.25) is 5.95 Å². The highest BCUT2D eigenvalue weighted by Gasteiger charge is 2.38. The van der Waals surface area contributed by atoms with Gasteiger partial charge in [-0.15, -0.1) is 0 Å². The quantitative estimate of drug-likeness (QED) is 0.483. The zero-order valence-corrected chi connectivity index (χ0v) is 18.3. The van der Waals surface area contributed by atoms with E-state index in [-0.39, 0.29) is 0 Å². The van der Waals surface area contributed by atoms with Gasteiger partial charge in [-0.25, -0.2) is 4.98 Å². The van der Waals surface area contributed by atoms with Crippen molar-refractivity contribution in [2.45, 2.75) is 39.2 Å². The highest BCUT2D eigenvalue weighted by molar-refractivity contribution is 5.83. The molecule has 2 fully saturated rings. The molecule has 0 atom stereocenters. The molecule has 6 rings (SSSR count). The van der Waals surface area contributed by atoms with Crippen LogP contribution in [-0.2, 0) is 6.54 Å². The van der Waals surface area contributed by atoms with Crippen molar-refractivity contribution in [3.8, 4) is 0 Å². The van der Waals surface area contributed by atoms with Gasteiger partial charge in [-0.05, 0) is 73.9 Å². The normalized spacial score (nSPS) is 19.6. The number of imidazole rings is 1. The number of H-pyrrole nitrogens is 2. The number of hydrogen-bond donors (Lipinski definition) is 2. The molecule has 0 unspecified atom stereocenters. The summed E-state index contributed by atoms with van der Waals surface area (Å²) in [6.45, 7) is 7.82. The molecule has 0 aliphatic carbocycles. The third kappa shape index (κ3) is 3.51. The Morgan fingerprint density at radius 2 is 1.87 bits per heavy atom. The molecule has 2 N–H and O–H groups in total. The average Bonchev–Trinajstić information content (AvgIpc) is 3.38. The van der Waals surface area contributed by atoms with Crippen LogP contribution in [0.3, 0.4) is 0 Å². The molecule has 2 saturated heterocycles. The Kier molecular flexibility index (Phi) is 4.53. The summed E-state index contributed by atoms with van der Waals surface area (Å²) < 4.78 is 0. The van der Waals surface area contributed by atoms with Gasteiger partial charge in [0.15, 0.2) is 0 Å². The molecule has 4 heterocycles. The van der Waals surface area contributed by atoms with E-state index >= 15 is 0 Å². The second kappa shape index (κ2) is 7.41. The van der Waals surface area contributed by atoms with Crippen molar-refractivity contribution < 1.29 is 0 Å². The lowest BCUT2D eigenvalue weighted by Gasteiger charge is -2.47. The summed E-state index contributed by atoms with van der Waals surface area (Å²) in [5, 5.41) is 1.37. The topological polar surface area (TPSA) is 51.0 Å². The smallest absolute Gasteiger partial charge is 0.203 e. The number of para-hydroxylation sites is 1. The minimum absolute atomic E-state index is 0.462. The molecule has 0 amide bonds. The predicted molar refractivity (Wildman–Crippen MR) is 128 cm³/mol. The fraction of sp³-hybridized carbons (Fsp3) is 0.423. The molecule has 0 radical (unpaired) electrons. The maximum Gasteiger partial charge on any atom is 0.203 e. The number of nitrogens with zero attached hydrogens (tertiary/aromatic N) is 3. The summed E-state index contributed by atoms with van der Waals surface area (Å²) in [6.07, 6.45) is 7.40. The van der Waals surface area contributed by atoms with Crippen LogP contribution in [0, 0.1) is 12.3 Å². The molecule has 4 aromatic rings. The van der Waals surface area contributed by atoms with Gasteiger partial charge in [-0.1, -0.05) is 24.3 Å². The third-order valence-electron chi connectivity index (χ3n) is 7.56. The number of aromatic nitrogens is 3. The number of anilines is 1. The van der Waals surface area contributed by atoms with Crippen LogP contribution < -0.4 is 4.90 Å². The number of nitrogens with one attached hydrogen (secondary N) is 2. The summed E-state index contributed by atoms with van der Waals surface area (Å²) in [4.78, 5) is 17.0. The lowest BCUT2D eigenvalue weighted by molar-refractivity contribution is 0.0606. The molecular formula is C26H31N5.